The van der Waals surface area contributed by atoms with Gasteiger partial charge >= 0.3 is 0 Å². The van der Waals surface area contributed by atoms with Crippen LogP contribution in [0.25, 0.3) is 10.8 Å². The van der Waals surface area contributed by atoms with Gasteiger partial charge in [0.1, 0.15) is 23.2 Å². The number of nitrogens with zero attached hydrogens (tertiary/aromatic N) is 2. The number of nitrogens with one attached hydrogen (secondary N) is 2. The van der Waals surface area contributed by atoms with Crippen molar-refractivity contribution in [2.45, 2.75) is 34.1 Å². The predicted molar refractivity (Wildman–Crippen MR) is 211 cm³/mol. The van der Waals surface area contributed by atoms with Crippen LogP contribution < -0.4 is 20.1 Å². The van der Waals surface area contributed by atoms with Crippen LogP contribution in [0.1, 0.15) is 35.1 Å². The first-order valence-electron chi connectivity index (χ1n) is 16.5. The standard InChI is InChI=1S/C22H22N2OS.C18H19BrN2OS/c1-25-20-12-11-16-7-2-3-8-17(16)19(20)15-26-21-10-5-4-9-18(21)22-23-13-6-14-24-22;1-22-16-8-7-14(19)11-13(16)12-23-17-6-3-2-5-15(17)18-20-9-4-10-21-18/h2-5,7-12H,6,13-15H2,1H3,(H,23,24);2-3,5-8,11H,4,9-10,12H2,1H3,(H,20,21). The van der Waals surface area contributed by atoms with Gasteiger partial charge in [0.25, 0.3) is 0 Å². The summed E-state index contributed by atoms with van der Waals surface area (Å²) in [7, 11) is 3.46. The Bertz CT molecular complexity index is 1950. The number of hydrogen-bond donors (Lipinski definition) is 2. The number of hydrogen-bond acceptors (Lipinski definition) is 8. The summed E-state index contributed by atoms with van der Waals surface area (Å²) in [5.41, 5.74) is 4.80. The minimum Gasteiger partial charge on any atom is -0.496 e. The number of rotatable bonds is 10. The zero-order valence-electron chi connectivity index (χ0n) is 27.9. The molecule has 0 unspecified atom stereocenters. The third-order valence-corrected chi connectivity index (χ3v) is 11.0. The van der Waals surface area contributed by atoms with E-state index in [2.05, 4.69) is 128 Å². The van der Waals surface area contributed by atoms with Crippen LogP contribution in [0.2, 0.25) is 0 Å². The Morgan fingerprint density at radius 3 is 1.84 bits per heavy atom. The quantitative estimate of drug-likeness (QED) is 0.139. The Labute approximate surface area is 306 Å². The number of methoxy groups -OCH3 is 2. The summed E-state index contributed by atoms with van der Waals surface area (Å²) in [6.07, 6.45) is 2.21. The average Bonchev–Trinajstić information content (AvgIpc) is 3.17. The van der Waals surface area contributed by atoms with E-state index >= 15 is 0 Å². The topological polar surface area (TPSA) is 67.2 Å². The summed E-state index contributed by atoms with van der Waals surface area (Å²) in [6, 6.07) is 35.7. The molecule has 2 aliphatic heterocycles. The Hall–Kier alpha value is -3.92. The van der Waals surface area contributed by atoms with Gasteiger partial charge < -0.3 is 20.1 Å². The molecule has 9 heteroatoms. The molecule has 0 saturated carbocycles. The molecule has 0 fully saturated rings. The molecule has 0 atom stereocenters. The lowest BCUT2D eigenvalue weighted by Gasteiger charge is -2.18. The van der Waals surface area contributed by atoms with Crippen molar-refractivity contribution in [1.82, 2.24) is 10.6 Å². The van der Waals surface area contributed by atoms with Crippen LogP contribution in [0, 0.1) is 0 Å². The van der Waals surface area contributed by atoms with Gasteiger partial charge in [-0.25, -0.2) is 0 Å². The van der Waals surface area contributed by atoms with Crippen LogP contribution in [0.5, 0.6) is 11.5 Å². The number of fused-ring (bicyclic) bond motifs is 1. The molecule has 0 bridgehead atoms. The molecule has 0 saturated heterocycles. The fraction of sp³-hybridized carbons (Fsp3) is 0.250. The number of aliphatic imine (C=N–C) groups is 2. The van der Waals surface area contributed by atoms with Crippen molar-refractivity contribution in [3.05, 3.63) is 130 Å². The highest BCUT2D eigenvalue weighted by atomic mass is 79.9. The molecule has 0 amide bonds. The molecule has 2 heterocycles. The molecule has 252 valence electrons. The Morgan fingerprint density at radius 1 is 0.653 bits per heavy atom. The third kappa shape index (κ3) is 9.01. The molecule has 0 radical (unpaired) electrons. The van der Waals surface area contributed by atoms with Gasteiger partial charge in [-0.3, -0.25) is 9.98 Å². The molecular formula is C40H41BrN4O2S2. The van der Waals surface area contributed by atoms with Crippen molar-refractivity contribution >= 4 is 61.9 Å². The normalized spacial score (nSPS) is 14.0. The van der Waals surface area contributed by atoms with E-state index in [9.17, 15) is 0 Å². The first-order valence-corrected chi connectivity index (χ1v) is 19.3. The Kier molecular flexibility index (Phi) is 12.6. The third-order valence-electron chi connectivity index (χ3n) is 8.29. The maximum Gasteiger partial charge on any atom is 0.129 e. The summed E-state index contributed by atoms with van der Waals surface area (Å²) in [6.45, 7) is 3.80. The lowest BCUT2D eigenvalue weighted by Crippen LogP contribution is -2.30. The molecule has 7 rings (SSSR count). The smallest absolute Gasteiger partial charge is 0.129 e. The van der Waals surface area contributed by atoms with Gasteiger partial charge in [0.05, 0.1) is 14.2 Å². The molecular weight excluding hydrogens is 713 g/mol. The number of benzene rings is 5. The fourth-order valence-corrected chi connectivity index (χ4v) is 8.36. The summed E-state index contributed by atoms with van der Waals surface area (Å²) >= 11 is 7.18. The molecule has 49 heavy (non-hydrogen) atoms. The number of halogens is 1. The maximum absolute atomic E-state index is 5.64. The van der Waals surface area contributed by atoms with Crippen LogP contribution in [0.4, 0.5) is 0 Å². The zero-order valence-corrected chi connectivity index (χ0v) is 31.1. The first-order chi connectivity index (χ1) is 24.1. The second-order valence-corrected chi connectivity index (χ2v) is 14.5. The highest BCUT2D eigenvalue weighted by Crippen LogP contribution is 2.35. The van der Waals surface area contributed by atoms with Crippen molar-refractivity contribution in [2.24, 2.45) is 9.98 Å². The molecule has 5 aromatic carbocycles. The van der Waals surface area contributed by atoms with Gasteiger partial charge in [0.2, 0.25) is 0 Å². The van der Waals surface area contributed by atoms with Crippen LogP contribution in [0.15, 0.2) is 127 Å². The largest absolute Gasteiger partial charge is 0.496 e. The number of ether oxygens (including phenoxy) is 2. The van der Waals surface area contributed by atoms with Crippen molar-refractivity contribution in [1.29, 1.82) is 0 Å². The molecule has 0 aromatic heterocycles. The second kappa shape index (κ2) is 17.7. The zero-order chi connectivity index (χ0) is 33.8. The SMILES string of the molecule is COc1ccc(Br)cc1CSc1ccccc1C1=NCCCN1.COc1ccc2ccccc2c1CSc1ccccc1C1=NCCCN1. The van der Waals surface area contributed by atoms with E-state index < -0.39 is 0 Å². The minimum atomic E-state index is 0.854. The van der Waals surface area contributed by atoms with E-state index in [0.29, 0.717) is 0 Å². The van der Waals surface area contributed by atoms with Gasteiger partial charge in [0.15, 0.2) is 0 Å². The van der Waals surface area contributed by atoms with Gasteiger partial charge in [-0.2, -0.15) is 0 Å². The van der Waals surface area contributed by atoms with E-state index in [1.807, 2.05) is 35.7 Å². The van der Waals surface area contributed by atoms with E-state index in [-0.39, 0.29) is 0 Å². The van der Waals surface area contributed by atoms with Crippen molar-refractivity contribution in [3.8, 4) is 11.5 Å². The van der Waals surface area contributed by atoms with Gasteiger partial charge in [0, 0.05) is 74.2 Å². The number of thioether (sulfide) groups is 2. The van der Waals surface area contributed by atoms with Crippen LogP contribution in [-0.4, -0.2) is 52.1 Å². The summed E-state index contributed by atoms with van der Waals surface area (Å²) in [5, 5.41) is 9.35. The van der Waals surface area contributed by atoms with Gasteiger partial charge in [-0.05, 0) is 60.0 Å². The second-order valence-electron chi connectivity index (χ2n) is 11.5. The van der Waals surface area contributed by atoms with E-state index in [1.54, 1.807) is 14.2 Å². The maximum atomic E-state index is 5.64. The Morgan fingerprint density at radius 2 is 1.22 bits per heavy atom. The summed E-state index contributed by atoms with van der Waals surface area (Å²) < 4.78 is 12.2. The van der Waals surface area contributed by atoms with Gasteiger partial charge in [-0.1, -0.05) is 82.7 Å². The van der Waals surface area contributed by atoms with Crippen molar-refractivity contribution < 1.29 is 9.47 Å². The molecule has 6 nitrogen and oxygen atoms in total. The van der Waals surface area contributed by atoms with E-state index in [4.69, 9.17) is 9.47 Å². The fourth-order valence-electron chi connectivity index (χ4n) is 5.82. The highest BCUT2D eigenvalue weighted by molar-refractivity contribution is 9.10. The summed E-state index contributed by atoms with van der Waals surface area (Å²) in [5.74, 6) is 5.61. The monoisotopic (exact) mass is 752 g/mol. The van der Waals surface area contributed by atoms with E-state index in [1.165, 1.54) is 42.8 Å². The Balaban J connectivity index is 0.000000171. The molecule has 2 N–H and O–H groups in total. The minimum absolute atomic E-state index is 0.854. The predicted octanol–water partition coefficient (Wildman–Crippen LogP) is 9.37. The number of amidine groups is 2. The lowest BCUT2D eigenvalue weighted by molar-refractivity contribution is 0.411. The summed E-state index contributed by atoms with van der Waals surface area (Å²) in [4.78, 5) is 11.8. The van der Waals surface area contributed by atoms with Gasteiger partial charge in [-0.15, -0.1) is 23.5 Å². The van der Waals surface area contributed by atoms with E-state index in [0.717, 1.165) is 78.2 Å². The first kappa shape index (κ1) is 34.9. The molecule has 2 aliphatic rings. The molecule has 0 aliphatic carbocycles. The van der Waals surface area contributed by atoms with Crippen molar-refractivity contribution in [3.63, 3.8) is 0 Å². The highest BCUT2D eigenvalue weighted by Gasteiger charge is 2.15. The van der Waals surface area contributed by atoms with Crippen LogP contribution in [0.3, 0.4) is 0 Å². The molecule has 5 aromatic rings. The van der Waals surface area contributed by atoms with Crippen molar-refractivity contribution in [2.75, 3.05) is 40.4 Å². The van der Waals surface area contributed by atoms with Crippen LogP contribution >= 0.6 is 39.5 Å². The lowest BCUT2D eigenvalue weighted by atomic mass is 10.0. The van der Waals surface area contributed by atoms with Crippen LogP contribution in [-0.2, 0) is 11.5 Å². The average molecular weight is 754 g/mol. The molecule has 0 spiro atoms.